The molecule has 8 heteroatoms. The molecule has 2 heterocycles. The third kappa shape index (κ3) is 2.95. The van der Waals surface area contributed by atoms with E-state index >= 15 is 0 Å². The Bertz CT molecular complexity index is 947. The molecule has 0 aliphatic heterocycles. The van der Waals surface area contributed by atoms with Gasteiger partial charge in [0.15, 0.2) is 5.82 Å². The van der Waals surface area contributed by atoms with Crippen molar-refractivity contribution in [2.45, 2.75) is 20.8 Å². The molecule has 1 N–H and O–H groups in total. The number of nitro benzene ring substituents is 1. The molecule has 3 aromatic rings. The van der Waals surface area contributed by atoms with E-state index in [1.165, 1.54) is 23.3 Å². The number of benzene rings is 1. The van der Waals surface area contributed by atoms with Crippen molar-refractivity contribution in [2.24, 2.45) is 5.10 Å². The van der Waals surface area contributed by atoms with Crippen molar-refractivity contribution in [3.05, 3.63) is 56.7 Å². The largest absolute Gasteiger partial charge is 0.269 e. The number of hydrazone groups is 1. The van der Waals surface area contributed by atoms with Crippen molar-refractivity contribution >= 4 is 38.8 Å². The highest BCUT2D eigenvalue weighted by molar-refractivity contribution is 7.18. The van der Waals surface area contributed by atoms with Gasteiger partial charge in [0.25, 0.3) is 5.69 Å². The van der Waals surface area contributed by atoms with Gasteiger partial charge in [0, 0.05) is 17.0 Å². The number of hydrogen-bond donors (Lipinski definition) is 1. The maximum absolute atomic E-state index is 10.7. The highest BCUT2D eigenvalue weighted by atomic mass is 32.1. The van der Waals surface area contributed by atoms with E-state index in [9.17, 15) is 10.1 Å². The Balaban J connectivity index is 1.89. The van der Waals surface area contributed by atoms with Crippen molar-refractivity contribution < 1.29 is 4.92 Å². The zero-order valence-corrected chi connectivity index (χ0v) is 14.2. The average molecular weight is 341 g/mol. The number of aromatic nitrogens is 2. The summed E-state index contributed by atoms with van der Waals surface area (Å²) < 4.78 is 0. The van der Waals surface area contributed by atoms with Crippen molar-refractivity contribution in [3.8, 4) is 0 Å². The smallest absolute Gasteiger partial charge is 0.260 e. The molecule has 0 radical (unpaired) electrons. The van der Waals surface area contributed by atoms with Crippen LogP contribution in [0.5, 0.6) is 0 Å². The van der Waals surface area contributed by atoms with Crippen LogP contribution in [0.4, 0.5) is 11.5 Å². The molecule has 0 fully saturated rings. The first-order chi connectivity index (χ1) is 11.5. The second kappa shape index (κ2) is 6.32. The maximum Gasteiger partial charge on any atom is 0.269 e. The van der Waals surface area contributed by atoms with Gasteiger partial charge >= 0.3 is 0 Å². The number of non-ortho nitro benzene ring substituents is 1. The molecule has 0 aliphatic rings. The van der Waals surface area contributed by atoms with E-state index in [2.05, 4.69) is 27.4 Å². The summed E-state index contributed by atoms with van der Waals surface area (Å²) in [5.41, 5.74) is 5.70. The van der Waals surface area contributed by atoms with Crippen LogP contribution in [0.3, 0.4) is 0 Å². The zero-order valence-electron chi connectivity index (χ0n) is 13.4. The van der Waals surface area contributed by atoms with Gasteiger partial charge in [0.05, 0.1) is 16.0 Å². The van der Waals surface area contributed by atoms with E-state index in [-0.39, 0.29) is 5.69 Å². The monoisotopic (exact) mass is 341 g/mol. The molecule has 2 aromatic heterocycles. The third-order valence-corrected chi connectivity index (χ3v) is 4.91. The number of anilines is 1. The van der Waals surface area contributed by atoms with E-state index in [0.29, 0.717) is 11.5 Å². The minimum atomic E-state index is -0.423. The lowest BCUT2D eigenvalue weighted by Crippen LogP contribution is -2.02. The Hall–Kier alpha value is -2.87. The molecule has 0 bridgehead atoms. The molecular weight excluding hydrogens is 326 g/mol. The molecule has 0 saturated heterocycles. The summed E-state index contributed by atoms with van der Waals surface area (Å²) in [5.74, 6) is 0.656. The number of aryl methyl sites for hydroxylation is 2. The van der Waals surface area contributed by atoms with Crippen LogP contribution in [0, 0.1) is 24.0 Å². The van der Waals surface area contributed by atoms with Gasteiger partial charge < -0.3 is 0 Å². The number of rotatable bonds is 4. The lowest BCUT2D eigenvalue weighted by molar-refractivity contribution is -0.384. The molecule has 24 heavy (non-hydrogen) atoms. The second-order valence-corrected chi connectivity index (χ2v) is 6.50. The number of fused-ring (bicyclic) bond motifs is 1. The second-order valence-electron chi connectivity index (χ2n) is 5.30. The van der Waals surface area contributed by atoms with Gasteiger partial charge in [-0.3, -0.25) is 15.5 Å². The maximum atomic E-state index is 10.7. The summed E-state index contributed by atoms with van der Waals surface area (Å²) in [6.45, 7) is 5.92. The van der Waals surface area contributed by atoms with Crippen LogP contribution < -0.4 is 5.43 Å². The Morgan fingerprint density at radius 3 is 2.62 bits per heavy atom. The van der Waals surface area contributed by atoms with Gasteiger partial charge in [-0.25, -0.2) is 9.97 Å². The summed E-state index contributed by atoms with van der Waals surface area (Å²) in [6, 6.07) is 6.27. The number of thiophene rings is 1. The fourth-order valence-corrected chi connectivity index (χ4v) is 3.29. The van der Waals surface area contributed by atoms with Crippen molar-refractivity contribution in [1.82, 2.24) is 9.97 Å². The number of nitro groups is 1. The highest BCUT2D eigenvalue weighted by Crippen LogP contribution is 2.32. The number of nitrogens with zero attached hydrogens (tertiary/aromatic N) is 4. The minimum absolute atomic E-state index is 0.0568. The average Bonchev–Trinajstić information content (AvgIpc) is 2.88. The molecule has 0 atom stereocenters. The molecule has 7 nitrogen and oxygen atoms in total. The SMILES string of the molecule is C/C(=N\Nc1ncnc2sc(C)c(C)c12)c1ccc([N+](=O)[O-])cc1. The van der Waals surface area contributed by atoms with Crippen molar-refractivity contribution in [3.63, 3.8) is 0 Å². The first-order valence-corrected chi connectivity index (χ1v) is 8.05. The fourth-order valence-electron chi connectivity index (χ4n) is 2.29. The van der Waals surface area contributed by atoms with E-state index in [1.54, 1.807) is 23.5 Å². The summed E-state index contributed by atoms with van der Waals surface area (Å²) in [4.78, 5) is 21.0. The van der Waals surface area contributed by atoms with E-state index in [0.717, 1.165) is 21.3 Å². The Morgan fingerprint density at radius 2 is 1.96 bits per heavy atom. The van der Waals surface area contributed by atoms with Gasteiger partial charge in [-0.05, 0) is 44.0 Å². The van der Waals surface area contributed by atoms with Crippen LogP contribution in [0.15, 0.2) is 35.7 Å². The third-order valence-electron chi connectivity index (χ3n) is 3.79. The van der Waals surface area contributed by atoms with Gasteiger partial charge in [0.1, 0.15) is 11.2 Å². The van der Waals surface area contributed by atoms with Gasteiger partial charge in [-0.15, -0.1) is 11.3 Å². The molecule has 122 valence electrons. The lowest BCUT2D eigenvalue weighted by atomic mass is 10.1. The number of nitrogens with one attached hydrogen (secondary N) is 1. The van der Waals surface area contributed by atoms with E-state index < -0.39 is 4.92 Å². The highest BCUT2D eigenvalue weighted by Gasteiger charge is 2.11. The molecule has 0 amide bonds. The zero-order chi connectivity index (χ0) is 17.3. The Labute approximate surface area is 142 Å². The summed E-state index contributed by atoms with van der Waals surface area (Å²) >= 11 is 1.62. The molecule has 3 rings (SSSR count). The summed E-state index contributed by atoms with van der Waals surface area (Å²) in [5, 5.41) is 16.0. The Kier molecular flexibility index (Phi) is 4.22. The van der Waals surface area contributed by atoms with Crippen LogP contribution in [0.2, 0.25) is 0 Å². The molecular formula is C16H15N5O2S. The standard InChI is InChI=1S/C16H15N5O2S/c1-9-11(3)24-16-14(9)15(17-8-18-16)20-19-10(2)12-4-6-13(7-5-12)21(22)23/h4-8H,1-3H3,(H,17,18,20)/b19-10+. The molecule has 0 spiro atoms. The van der Waals surface area contributed by atoms with Crippen molar-refractivity contribution in [2.75, 3.05) is 5.43 Å². The molecule has 0 unspecified atom stereocenters. The minimum Gasteiger partial charge on any atom is -0.260 e. The first-order valence-electron chi connectivity index (χ1n) is 7.23. The van der Waals surface area contributed by atoms with Crippen LogP contribution >= 0.6 is 11.3 Å². The van der Waals surface area contributed by atoms with Crippen LogP contribution in [-0.4, -0.2) is 20.6 Å². The van der Waals surface area contributed by atoms with E-state index in [1.807, 2.05) is 13.8 Å². The normalized spacial score (nSPS) is 11.7. The fraction of sp³-hybridized carbons (Fsp3) is 0.188. The van der Waals surface area contributed by atoms with Crippen LogP contribution in [0.1, 0.15) is 22.9 Å². The molecule has 1 aromatic carbocycles. The van der Waals surface area contributed by atoms with Crippen LogP contribution in [0.25, 0.3) is 10.2 Å². The van der Waals surface area contributed by atoms with Gasteiger partial charge in [-0.2, -0.15) is 5.10 Å². The van der Waals surface area contributed by atoms with Crippen molar-refractivity contribution in [1.29, 1.82) is 0 Å². The Morgan fingerprint density at radius 1 is 1.25 bits per heavy atom. The molecule has 0 aliphatic carbocycles. The summed E-state index contributed by atoms with van der Waals surface area (Å²) in [7, 11) is 0. The predicted molar refractivity (Wildman–Crippen MR) is 95.8 cm³/mol. The predicted octanol–water partition coefficient (Wildman–Crippen LogP) is 4.05. The summed E-state index contributed by atoms with van der Waals surface area (Å²) in [6.07, 6.45) is 1.51. The first kappa shape index (κ1) is 16.0. The topological polar surface area (TPSA) is 93.3 Å². The molecule has 0 saturated carbocycles. The van der Waals surface area contributed by atoms with E-state index in [4.69, 9.17) is 0 Å². The van der Waals surface area contributed by atoms with Crippen LogP contribution in [-0.2, 0) is 0 Å². The quantitative estimate of drug-likeness (QED) is 0.439. The van der Waals surface area contributed by atoms with Gasteiger partial charge in [0.2, 0.25) is 0 Å². The number of hydrogen-bond acceptors (Lipinski definition) is 7. The van der Waals surface area contributed by atoms with Gasteiger partial charge in [-0.1, -0.05) is 0 Å². The lowest BCUT2D eigenvalue weighted by Gasteiger charge is -2.05.